The topological polar surface area (TPSA) is 35.5 Å². The third-order valence-electron chi connectivity index (χ3n) is 4.53. The molecule has 3 atom stereocenters. The Morgan fingerprint density at radius 2 is 2.05 bits per heavy atom. The molecule has 116 valence electrons. The molecule has 1 aliphatic rings. The Morgan fingerprint density at radius 1 is 1.29 bits per heavy atom. The van der Waals surface area contributed by atoms with E-state index in [1.54, 1.807) is 19.2 Å². The summed E-state index contributed by atoms with van der Waals surface area (Å²) in [4.78, 5) is 12.4. The minimum atomic E-state index is -0.237. The Balaban J connectivity index is 2.08. The lowest BCUT2D eigenvalue weighted by atomic mass is 9.75. The second kappa shape index (κ2) is 6.97. The highest BCUT2D eigenvalue weighted by molar-refractivity contribution is 5.90. The molecule has 1 aromatic rings. The number of ether oxygens (including phenoxy) is 2. The quantitative estimate of drug-likeness (QED) is 0.775. The minimum absolute atomic E-state index is 0.0347. The van der Waals surface area contributed by atoms with Gasteiger partial charge in [0, 0.05) is 0 Å². The Bertz CT molecular complexity index is 481. The zero-order valence-electron chi connectivity index (χ0n) is 13.5. The number of hydrogen-bond acceptors (Lipinski definition) is 3. The molecule has 1 fully saturated rings. The molecule has 1 aromatic carbocycles. The Labute approximate surface area is 127 Å². The molecule has 1 aliphatic carbocycles. The first-order valence-corrected chi connectivity index (χ1v) is 7.86. The standard InChI is InChI=1S/C18H26O3/c1-12(2)16-9-8-13(3)10-17(16)21-18(19)14-6-5-7-15(11-14)20-4/h5-7,11-13,16-17H,8-10H2,1-4H3/t13-,16+,17-/m1/s1. The number of benzene rings is 1. The molecule has 3 heteroatoms. The molecule has 3 nitrogen and oxygen atoms in total. The number of carbonyl (C=O) groups is 1. The van der Waals surface area contributed by atoms with Crippen molar-refractivity contribution in [1.29, 1.82) is 0 Å². The van der Waals surface area contributed by atoms with Crippen molar-refractivity contribution in [3.63, 3.8) is 0 Å². The van der Waals surface area contributed by atoms with Crippen molar-refractivity contribution in [1.82, 2.24) is 0 Å². The molecule has 0 radical (unpaired) electrons. The van der Waals surface area contributed by atoms with Crippen molar-refractivity contribution in [3.8, 4) is 5.75 Å². The SMILES string of the molecule is COc1cccc(C(=O)O[C@@H]2C[C@H](C)CC[C@H]2C(C)C)c1. The van der Waals surface area contributed by atoms with Crippen LogP contribution >= 0.6 is 0 Å². The summed E-state index contributed by atoms with van der Waals surface area (Å²) in [5.74, 6) is 2.08. The summed E-state index contributed by atoms with van der Waals surface area (Å²) in [6, 6.07) is 7.16. The predicted molar refractivity (Wildman–Crippen MR) is 83.5 cm³/mol. The van der Waals surface area contributed by atoms with Gasteiger partial charge in [-0.15, -0.1) is 0 Å². The van der Waals surface area contributed by atoms with Gasteiger partial charge in [-0.1, -0.05) is 33.3 Å². The van der Waals surface area contributed by atoms with Gasteiger partial charge in [-0.2, -0.15) is 0 Å². The molecule has 0 aliphatic heterocycles. The van der Waals surface area contributed by atoms with Crippen molar-refractivity contribution < 1.29 is 14.3 Å². The van der Waals surface area contributed by atoms with Crippen LogP contribution in [0.1, 0.15) is 50.4 Å². The average Bonchev–Trinajstić information content (AvgIpc) is 2.47. The van der Waals surface area contributed by atoms with E-state index in [0.29, 0.717) is 29.1 Å². The van der Waals surface area contributed by atoms with Gasteiger partial charge >= 0.3 is 5.97 Å². The Hall–Kier alpha value is -1.51. The first-order valence-electron chi connectivity index (χ1n) is 7.86. The van der Waals surface area contributed by atoms with Gasteiger partial charge in [-0.05, 0) is 48.8 Å². The summed E-state index contributed by atoms with van der Waals surface area (Å²) in [6.45, 7) is 6.67. The van der Waals surface area contributed by atoms with Crippen molar-refractivity contribution in [2.75, 3.05) is 7.11 Å². The summed E-state index contributed by atoms with van der Waals surface area (Å²) in [5.41, 5.74) is 0.565. The summed E-state index contributed by atoms with van der Waals surface area (Å²) in [7, 11) is 1.60. The van der Waals surface area contributed by atoms with Gasteiger partial charge in [-0.3, -0.25) is 0 Å². The molecule has 0 N–H and O–H groups in total. The average molecular weight is 290 g/mol. The van der Waals surface area contributed by atoms with Crippen LogP contribution in [0.2, 0.25) is 0 Å². The van der Waals surface area contributed by atoms with Crippen LogP contribution in [0, 0.1) is 17.8 Å². The molecular formula is C18H26O3. The molecule has 21 heavy (non-hydrogen) atoms. The lowest BCUT2D eigenvalue weighted by Crippen LogP contribution is -2.35. The monoisotopic (exact) mass is 290 g/mol. The Morgan fingerprint density at radius 3 is 2.71 bits per heavy atom. The lowest BCUT2D eigenvalue weighted by molar-refractivity contribution is -0.0174. The molecule has 0 bridgehead atoms. The predicted octanol–water partition coefficient (Wildman–Crippen LogP) is 4.31. The van der Waals surface area contributed by atoms with E-state index in [9.17, 15) is 4.79 Å². The van der Waals surface area contributed by atoms with Gasteiger partial charge in [-0.25, -0.2) is 4.79 Å². The fourth-order valence-electron chi connectivity index (χ4n) is 3.21. The molecule has 0 saturated heterocycles. The van der Waals surface area contributed by atoms with E-state index in [1.165, 1.54) is 6.42 Å². The van der Waals surface area contributed by atoms with Crippen LogP contribution in [0.3, 0.4) is 0 Å². The van der Waals surface area contributed by atoms with Crippen LogP contribution in [-0.2, 0) is 4.74 Å². The molecule has 0 amide bonds. The third-order valence-corrected chi connectivity index (χ3v) is 4.53. The zero-order chi connectivity index (χ0) is 15.4. The van der Waals surface area contributed by atoms with E-state index in [1.807, 2.05) is 12.1 Å². The van der Waals surface area contributed by atoms with Gasteiger partial charge in [0.1, 0.15) is 11.9 Å². The molecule has 0 unspecified atom stereocenters. The van der Waals surface area contributed by atoms with Crippen LogP contribution in [0.4, 0.5) is 0 Å². The molecular weight excluding hydrogens is 264 g/mol. The summed E-state index contributed by atoms with van der Waals surface area (Å²) in [6.07, 6.45) is 3.39. The van der Waals surface area contributed by atoms with Gasteiger partial charge in [0.05, 0.1) is 12.7 Å². The smallest absolute Gasteiger partial charge is 0.338 e. The second-order valence-corrected chi connectivity index (χ2v) is 6.50. The fraction of sp³-hybridized carbons (Fsp3) is 0.611. The molecule has 0 aromatic heterocycles. The number of methoxy groups -OCH3 is 1. The van der Waals surface area contributed by atoms with Crippen molar-refractivity contribution in [3.05, 3.63) is 29.8 Å². The maximum Gasteiger partial charge on any atom is 0.338 e. The van der Waals surface area contributed by atoms with E-state index in [2.05, 4.69) is 20.8 Å². The third kappa shape index (κ3) is 3.99. The first kappa shape index (κ1) is 15.9. The highest BCUT2D eigenvalue weighted by atomic mass is 16.5. The molecule has 2 rings (SSSR count). The van der Waals surface area contributed by atoms with E-state index in [4.69, 9.17) is 9.47 Å². The lowest BCUT2D eigenvalue weighted by Gasteiger charge is -2.36. The molecule has 0 heterocycles. The van der Waals surface area contributed by atoms with Crippen molar-refractivity contribution >= 4 is 5.97 Å². The van der Waals surface area contributed by atoms with Crippen LogP contribution in [0.15, 0.2) is 24.3 Å². The van der Waals surface area contributed by atoms with Crippen LogP contribution in [0.5, 0.6) is 5.75 Å². The van der Waals surface area contributed by atoms with Gasteiger partial charge in [0.25, 0.3) is 0 Å². The first-order chi connectivity index (χ1) is 10.0. The van der Waals surface area contributed by atoms with Gasteiger partial charge in [0.2, 0.25) is 0 Å². The second-order valence-electron chi connectivity index (χ2n) is 6.50. The number of carbonyl (C=O) groups excluding carboxylic acids is 1. The van der Waals surface area contributed by atoms with Gasteiger partial charge in [0.15, 0.2) is 0 Å². The highest BCUT2D eigenvalue weighted by Crippen LogP contribution is 2.35. The van der Waals surface area contributed by atoms with Gasteiger partial charge < -0.3 is 9.47 Å². The summed E-state index contributed by atoms with van der Waals surface area (Å²) < 4.78 is 11.0. The van der Waals surface area contributed by atoms with Crippen LogP contribution in [0.25, 0.3) is 0 Å². The van der Waals surface area contributed by atoms with Crippen molar-refractivity contribution in [2.45, 2.75) is 46.1 Å². The summed E-state index contributed by atoms with van der Waals surface area (Å²) >= 11 is 0. The van der Waals surface area contributed by atoms with Crippen LogP contribution < -0.4 is 4.74 Å². The largest absolute Gasteiger partial charge is 0.497 e. The zero-order valence-corrected chi connectivity index (χ0v) is 13.5. The maximum absolute atomic E-state index is 12.4. The number of hydrogen-bond donors (Lipinski definition) is 0. The normalized spacial score (nSPS) is 25.7. The van der Waals surface area contributed by atoms with Crippen LogP contribution in [-0.4, -0.2) is 19.2 Å². The molecule has 0 spiro atoms. The molecule has 1 saturated carbocycles. The summed E-state index contributed by atoms with van der Waals surface area (Å²) in [5, 5.41) is 0. The van der Waals surface area contributed by atoms with E-state index >= 15 is 0 Å². The number of esters is 1. The van der Waals surface area contributed by atoms with E-state index in [0.717, 1.165) is 12.8 Å². The minimum Gasteiger partial charge on any atom is -0.497 e. The maximum atomic E-state index is 12.4. The van der Waals surface area contributed by atoms with Crippen molar-refractivity contribution in [2.24, 2.45) is 17.8 Å². The van der Waals surface area contributed by atoms with E-state index in [-0.39, 0.29) is 12.1 Å². The van der Waals surface area contributed by atoms with E-state index < -0.39 is 0 Å². The number of rotatable bonds is 4. The fourth-order valence-corrected chi connectivity index (χ4v) is 3.21. The highest BCUT2D eigenvalue weighted by Gasteiger charge is 2.33. The Kier molecular flexibility index (Phi) is 5.27.